The molecule has 2 rings (SSSR count). The molecule has 124 valence electrons. The number of likely N-dealkylation sites (tertiary alicyclic amines) is 1. The number of rotatable bonds is 8. The minimum atomic E-state index is 0.575. The zero-order chi connectivity index (χ0) is 16.3. The summed E-state index contributed by atoms with van der Waals surface area (Å²) in [4.78, 5) is 2.55. The fourth-order valence-electron chi connectivity index (χ4n) is 2.80. The number of anilines is 1. The predicted molar refractivity (Wildman–Crippen MR) is 99.2 cm³/mol. The summed E-state index contributed by atoms with van der Waals surface area (Å²) in [5, 5.41) is 3.63. The van der Waals surface area contributed by atoms with Gasteiger partial charge in [-0.25, -0.2) is 0 Å². The molecule has 1 aromatic carbocycles. The lowest BCUT2D eigenvalue weighted by Crippen LogP contribution is -2.39. The topological polar surface area (TPSA) is 24.5 Å². The Hall–Kier alpha value is -2.00. The molecular weight excluding hydrogens is 284 g/mol. The van der Waals surface area contributed by atoms with Crippen molar-refractivity contribution < 1.29 is 4.74 Å². The highest BCUT2D eigenvalue weighted by atomic mass is 16.5. The smallest absolute Gasteiger partial charge is 0.119 e. The van der Waals surface area contributed by atoms with Gasteiger partial charge >= 0.3 is 0 Å². The van der Waals surface area contributed by atoms with E-state index >= 15 is 0 Å². The zero-order valence-electron chi connectivity index (χ0n) is 14.1. The van der Waals surface area contributed by atoms with E-state index in [4.69, 9.17) is 4.74 Å². The van der Waals surface area contributed by atoms with E-state index in [2.05, 4.69) is 41.1 Å². The van der Waals surface area contributed by atoms with Gasteiger partial charge in [-0.05, 0) is 43.5 Å². The number of nitrogens with zero attached hydrogens (tertiary/aromatic N) is 1. The molecular formula is C20H28N2O. The van der Waals surface area contributed by atoms with E-state index in [0.29, 0.717) is 6.04 Å². The van der Waals surface area contributed by atoms with E-state index < -0.39 is 0 Å². The molecule has 1 aromatic rings. The lowest BCUT2D eigenvalue weighted by molar-refractivity contribution is 0.223. The fourth-order valence-corrected chi connectivity index (χ4v) is 2.80. The van der Waals surface area contributed by atoms with Crippen LogP contribution in [0, 0.1) is 0 Å². The molecule has 3 nitrogen and oxygen atoms in total. The Morgan fingerprint density at radius 3 is 2.57 bits per heavy atom. The highest BCUT2D eigenvalue weighted by molar-refractivity contribution is 5.47. The van der Waals surface area contributed by atoms with E-state index in [1.807, 2.05) is 24.3 Å². The third-order valence-electron chi connectivity index (χ3n) is 4.15. The number of hydrogen-bond acceptors (Lipinski definition) is 3. The van der Waals surface area contributed by atoms with E-state index in [1.165, 1.54) is 31.6 Å². The Morgan fingerprint density at radius 2 is 1.91 bits per heavy atom. The first-order chi connectivity index (χ1) is 11.3. The van der Waals surface area contributed by atoms with Crippen molar-refractivity contribution in [2.24, 2.45) is 0 Å². The molecule has 0 atom stereocenters. The largest absolute Gasteiger partial charge is 0.497 e. The van der Waals surface area contributed by atoms with Crippen LogP contribution in [0.15, 0.2) is 61.2 Å². The van der Waals surface area contributed by atoms with Gasteiger partial charge < -0.3 is 15.0 Å². The second kappa shape index (κ2) is 9.90. The first-order valence-corrected chi connectivity index (χ1v) is 8.39. The number of methoxy groups -OCH3 is 1. The monoisotopic (exact) mass is 312 g/mol. The number of nitrogens with one attached hydrogen (secondary N) is 1. The van der Waals surface area contributed by atoms with Gasteiger partial charge in [0.15, 0.2) is 0 Å². The van der Waals surface area contributed by atoms with Crippen LogP contribution in [0.2, 0.25) is 0 Å². The summed E-state index contributed by atoms with van der Waals surface area (Å²) in [6.45, 7) is 7.14. The van der Waals surface area contributed by atoms with Crippen molar-refractivity contribution in [1.82, 2.24) is 4.90 Å². The number of ether oxygens (including phenoxy) is 1. The van der Waals surface area contributed by atoms with Crippen LogP contribution in [0.1, 0.15) is 19.3 Å². The Balaban J connectivity index is 1.66. The number of piperidine rings is 1. The second-order valence-corrected chi connectivity index (χ2v) is 5.83. The van der Waals surface area contributed by atoms with Crippen molar-refractivity contribution in [2.75, 3.05) is 32.1 Å². The highest BCUT2D eigenvalue weighted by Gasteiger charge is 2.18. The van der Waals surface area contributed by atoms with Crippen molar-refractivity contribution in [3.63, 3.8) is 0 Å². The van der Waals surface area contributed by atoms with Crippen LogP contribution in [0.5, 0.6) is 5.75 Å². The quantitative estimate of drug-likeness (QED) is 0.726. The fraction of sp³-hybridized carbons (Fsp3) is 0.400. The van der Waals surface area contributed by atoms with E-state index in [9.17, 15) is 0 Å². The summed E-state index contributed by atoms with van der Waals surface area (Å²) >= 11 is 0. The van der Waals surface area contributed by atoms with E-state index in [0.717, 1.165) is 18.7 Å². The molecule has 0 aromatic heterocycles. The molecule has 23 heavy (non-hydrogen) atoms. The Morgan fingerprint density at radius 1 is 1.17 bits per heavy atom. The third-order valence-corrected chi connectivity index (χ3v) is 4.15. The molecule has 1 heterocycles. The van der Waals surface area contributed by atoms with Crippen LogP contribution in [-0.4, -0.2) is 37.7 Å². The van der Waals surface area contributed by atoms with Crippen molar-refractivity contribution >= 4 is 5.69 Å². The first-order valence-electron chi connectivity index (χ1n) is 8.39. The van der Waals surface area contributed by atoms with Crippen LogP contribution in [-0.2, 0) is 0 Å². The standard InChI is InChI=1S/C20H28N2O/c1-3-4-5-6-7-8-15-22-16-13-19(14-17-22)21-18-9-11-20(23-2)12-10-18/h3-7,9-12,19,21H,1,8,13-17H2,2H3. The van der Waals surface area contributed by atoms with Crippen LogP contribution in [0.25, 0.3) is 0 Å². The number of allylic oxidation sites excluding steroid dienone is 4. The number of benzene rings is 1. The molecule has 0 bridgehead atoms. The summed E-state index contributed by atoms with van der Waals surface area (Å²) in [7, 11) is 1.70. The molecule has 1 aliphatic rings. The van der Waals surface area contributed by atoms with Gasteiger partial charge in [0.1, 0.15) is 5.75 Å². The maximum absolute atomic E-state index is 5.19. The summed E-state index contributed by atoms with van der Waals surface area (Å²) < 4.78 is 5.19. The second-order valence-electron chi connectivity index (χ2n) is 5.83. The summed E-state index contributed by atoms with van der Waals surface area (Å²) in [6.07, 6.45) is 13.6. The number of hydrogen-bond donors (Lipinski definition) is 1. The van der Waals surface area contributed by atoms with Crippen LogP contribution >= 0.6 is 0 Å². The van der Waals surface area contributed by atoms with Crippen molar-refractivity contribution in [3.8, 4) is 5.75 Å². The molecule has 0 saturated carbocycles. The van der Waals surface area contributed by atoms with Gasteiger partial charge in [-0.3, -0.25) is 0 Å². The van der Waals surface area contributed by atoms with E-state index in [-0.39, 0.29) is 0 Å². The average Bonchev–Trinajstić information content (AvgIpc) is 2.60. The first kappa shape index (κ1) is 17.4. The molecule has 0 aliphatic carbocycles. The van der Waals surface area contributed by atoms with Gasteiger partial charge in [0, 0.05) is 31.4 Å². The van der Waals surface area contributed by atoms with Gasteiger partial charge in [-0.1, -0.05) is 37.0 Å². The Bertz CT molecular complexity index is 511. The normalized spacial score (nSPS) is 16.9. The molecule has 0 amide bonds. The van der Waals surface area contributed by atoms with Crippen LogP contribution in [0.3, 0.4) is 0 Å². The molecule has 0 radical (unpaired) electrons. The third kappa shape index (κ3) is 6.33. The van der Waals surface area contributed by atoms with Crippen LogP contribution < -0.4 is 10.1 Å². The Kier molecular flexibility index (Phi) is 7.47. The van der Waals surface area contributed by atoms with Crippen molar-refractivity contribution in [2.45, 2.75) is 25.3 Å². The molecule has 0 unspecified atom stereocenters. The van der Waals surface area contributed by atoms with Gasteiger partial charge in [0.05, 0.1) is 7.11 Å². The maximum atomic E-state index is 5.19. The Labute approximate surface area is 140 Å². The van der Waals surface area contributed by atoms with Gasteiger partial charge in [-0.15, -0.1) is 0 Å². The molecule has 1 N–H and O–H groups in total. The summed E-state index contributed by atoms with van der Waals surface area (Å²) in [5.41, 5.74) is 1.18. The minimum Gasteiger partial charge on any atom is -0.497 e. The SMILES string of the molecule is C=CC=CC=CCCN1CCC(Nc2ccc(OC)cc2)CC1. The van der Waals surface area contributed by atoms with Gasteiger partial charge in [0.2, 0.25) is 0 Å². The molecule has 1 aliphatic heterocycles. The zero-order valence-corrected chi connectivity index (χ0v) is 14.1. The van der Waals surface area contributed by atoms with Gasteiger partial charge in [0.25, 0.3) is 0 Å². The average molecular weight is 312 g/mol. The molecule has 1 fully saturated rings. The van der Waals surface area contributed by atoms with Crippen molar-refractivity contribution in [3.05, 3.63) is 61.2 Å². The van der Waals surface area contributed by atoms with Crippen molar-refractivity contribution in [1.29, 1.82) is 0 Å². The highest BCUT2D eigenvalue weighted by Crippen LogP contribution is 2.19. The van der Waals surface area contributed by atoms with Gasteiger partial charge in [-0.2, -0.15) is 0 Å². The molecule has 1 saturated heterocycles. The lowest BCUT2D eigenvalue weighted by Gasteiger charge is -2.32. The van der Waals surface area contributed by atoms with E-state index in [1.54, 1.807) is 13.2 Å². The molecule has 3 heteroatoms. The minimum absolute atomic E-state index is 0.575. The van der Waals surface area contributed by atoms with Crippen LogP contribution in [0.4, 0.5) is 5.69 Å². The maximum Gasteiger partial charge on any atom is 0.119 e. The lowest BCUT2D eigenvalue weighted by atomic mass is 10.0. The molecule has 0 spiro atoms. The predicted octanol–water partition coefficient (Wildman–Crippen LogP) is 4.26. The summed E-state index contributed by atoms with van der Waals surface area (Å²) in [5.74, 6) is 0.904. The summed E-state index contributed by atoms with van der Waals surface area (Å²) in [6, 6.07) is 8.76.